The lowest BCUT2D eigenvalue weighted by Crippen LogP contribution is -2.44. The highest BCUT2D eigenvalue weighted by Gasteiger charge is 2.47. The third-order valence-electron chi connectivity index (χ3n) is 3.98. The smallest absolute Gasteiger partial charge is 0.244 e. The summed E-state index contributed by atoms with van der Waals surface area (Å²) in [6.07, 6.45) is 5.48. The second-order valence-electron chi connectivity index (χ2n) is 5.48. The fraction of sp³-hybridized carbons (Fsp3) is 0.929. The number of nitrogens with one attached hydrogen (secondary N) is 1. The van der Waals surface area contributed by atoms with E-state index in [4.69, 9.17) is 0 Å². The standard InChI is InChI=1S/C14H28N2O/c1-6-9-11(4)16-12(10-7-2)15-14(5,8-3)13(16)17/h11-12,15H,6-10H2,1-5H3. The summed E-state index contributed by atoms with van der Waals surface area (Å²) in [6.45, 7) is 10.7. The van der Waals surface area contributed by atoms with E-state index in [1.165, 1.54) is 0 Å². The van der Waals surface area contributed by atoms with Crippen LogP contribution in [0.5, 0.6) is 0 Å². The van der Waals surface area contributed by atoms with E-state index in [9.17, 15) is 4.79 Å². The number of carbonyl (C=O) groups excluding carboxylic acids is 1. The first kappa shape index (κ1) is 14.5. The highest BCUT2D eigenvalue weighted by atomic mass is 16.2. The van der Waals surface area contributed by atoms with Crippen LogP contribution in [0.4, 0.5) is 0 Å². The molecule has 3 heteroatoms. The summed E-state index contributed by atoms with van der Waals surface area (Å²) in [7, 11) is 0. The quantitative estimate of drug-likeness (QED) is 0.774. The normalized spacial score (nSPS) is 31.0. The zero-order valence-corrected chi connectivity index (χ0v) is 12.0. The largest absolute Gasteiger partial charge is 0.323 e. The number of hydrogen-bond acceptors (Lipinski definition) is 2. The van der Waals surface area contributed by atoms with Gasteiger partial charge in [0, 0.05) is 6.04 Å². The van der Waals surface area contributed by atoms with Crippen LogP contribution in [-0.4, -0.2) is 28.6 Å². The Balaban J connectivity index is 2.86. The van der Waals surface area contributed by atoms with Crippen LogP contribution < -0.4 is 5.32 Å². The summed E-state index contributed by atoms with van der Waals surface area (Å²) in [5.74, 6) is 0.291. The first-order chi connectivity index (χ1) is 8.00. The Labute approximate surface area is 106 Å². The van der Waals surface area contributed by atoms with Gasteiger partial charge in [-0.2, -0.15) is 0 Å². The zero-order valence-electron chi connectivity index (χ0n) is 12.0. The summed E-state index contributed by atoms with van der Waals surface area (Å²) in [4.78, 5) is 14.6. The maximum atomic E-state index is 12.5. The predicted octanol–water partition coefficient (Wildman–Crippen LogP) is 2.90. The minimum absolute atomic E-state index is 0.235. The summed E-state index contributed by atoms with van der Waals surface area (Å²) in [5, 5.41) is 3.53. The molecule has 0 saturated carbocycles. The third-order valence-corrected chi connectivity index (χ3v) is 3.98. The molecule has 17 heavy (non-hydrogen) atoms. The maximum absolute atomic E-state index is 12.5. The lowest BCUT2D eigenvalue weighted by molar-refractivity contribution is -0.135. The van der Waals surface area contributed by atoms with E-state index in [0.717, 1.165) is 32.1 Å². The third kappa shape index (κ3) is 2.82. The number of carbonyl (C=O) groups is 1. The number of nitrogens with zero attached hydrogens (tertiary/aromatic N) is 1. The highest BCUT2D eigenvalue weighted by molar-refractivity contribution is 5.88. The molecule has 1 fully saturated rings. The number of amides is 1. The Kier molecular flexibility index (Phi) is 4.99. The molecule has 0 bridgehead atoms. The summed E-state index contributed by atoms with van der Waals surface area (Å²) >= 11 is 0. The van der Waals surface area contributed by atoms with Gasteiger partial charge in [-0.05, 0) is 33.1 Å². The van der Waals surface area contributed by atoms with Crippen molar-refractivity contribution in [1.82, 2.24) is 10.2 Å². The van der Waals surface area contributed by atoms with E-state index < -0.39 is 0 Å². The lowest BCUT2D eigenvalue weighted by atomic mass is 9.99. The average Bonchev–Trinajstić information content (AvgIpc) is 2.53. The molecule has 1 amide bonds. The van der Waals surface area contributed by atoms with Crippen molar-refractivity contribution in [2.75, 3.05) is 0 Å². The van der Waals surface area contributed by atoms with Crippen LogP contribution in [-0.2, 0) is 4.79 Å². The fourth-order valence-corrected chi connectivity index (χ4v) is 2.73. The molecule has 0 aromatic carbocycles. The van der Waals surface area contributed by atoms with Gasteiger partial charge in [-0.25, -0.2) is 0 Å². The van der Waals surface area contributed by atoms with Crippen LogP contribution in [0.1, 0.15) is 66.7 Å². The minimum atomic E-state index is -0.345. The van der Waals surface area contributed by atoms with E-state index >= 15 is 0 Å². The molecule has 1 aliphatic rings. The van der Waals surface area contributed by atoms with Gasteiger partial charge >= 0.3 is 0 Å². The Morgan fingerprint density at radius 3 is 2.47 bits per heavy atom. The molecule has 0 spiro atoms. The van der Waals surface area contributed by atoms with E-state index in [-0.39, 0.29) is 11.7 Å². The number of rotatable bonds is 6. The Morgan fingerprint density at radius 1 is 1.35 bits per heavy atom. The summed E-state index contributed by atoms with van der Waals surface area (Å²) in [6, 6.07) is 0.352. The van der Waals surface area contributed by atoms with Gasteiger partial charge in [0.05, 0.1) is 11.7 Å². The van der Waals surface area contributed by atoms with Gasteiger partial charge in [0.15, 0.2) is 0 Å². The van der Waals surface area contributed by atoms with Crippen LogP contribution in [0, 0.1) is 0 Å². The van der Waals surface area contributed by atoms with E-state index in [2.05, 4.69) is 37.9 Å². The van der Waals surface area contributed by atoms with Crippen molar-refractivity contribution in [3.05, 3.63) is 0 Å². The van der Waals surface area contributed by atoms with Crippen LogP contribution in [0.15, 0.2) is 0 Å². The lowest BCUT2D eigenvalue weighted by Gasteiger charge is -2.30. The molecular weight excluding hydrogens is 212 g/mol. The van der Waals surface area contributed by atoms with Crippen LogP contribution in [0.3, 0.4) is 0 Å². The van der Waals surface area contributed by atoms with Crippen LogP contribution in [0.2, 0.25) is 0 Å². The molecule has 1 aliphatic heterocycles. The topological polar surface area (TPSA) is 32.3 Å². The van der Waals surface area contributed by atoms with Crippen molar-refractivity contribution in [1.29, 1.82) is 0 Å². The van der Waals surface area contributed by atoms with Gasteiger partial charge in [0.2, 0.25) is 5.91 Å². The van der Waals surface area contributed by atoms with Crippen molar-refractivity contribution in [2.45, 2.75) is 84.5 Å². The molecule has 3 nitrogen and oxygen atoms in total. The first-order valence-corrected chi connectivity index (χ1v) is 7.10. The van der Waals surface area contributed by atoms with Crippen molar-refractivity contribution < 1.29 is 4.79 Å². The Hall–Kier alpha value is -0.570. The molecule has 3 atom stereocenters. The van der Waals surface area contributed by atoms with E-state index in [1.54, 1.807) is 0 Å². The molecule has 0 aromatic rings. The van der Waals surface area contributed by atoms with Crippen LogP contribution >= 0.6 is 0 Å². The van der Waals surface area contributed by atoms with Gasteiger partial charge in [-0.15, -0.1) is 0 Å². The molecule has 0 aliphatic carbocycles. The van der Waals surface area contributed by atoms with Gasteiger partial charge in [0.25, 0.3) is 0 Å². The SMILES string of the molecule is CCCC(C)N1C(=O)C(C)(CC)NC1CCC. The molecule has 1 N–H and O–H groups in total. The van der Waals surface area contributed by atoms with Crippen molar-refractivity contribution >= 4 is 5.91 Å². The molecule has 1 heterocycles. The van der Waals surface area contributed by atoms with Crippen LogP contribution in [0.25, 0.3) is 0 Å². The predicted molar refractivity (Wildman–Crippen MR) is 71.7 cm³/mol. The van der Waals surface area contributed by atoms with Crippen molar-refractivity contribution in [2.24, 2.45) is 0 Å². The van der Waals surface area contributed by atoms with E-state index in [1.807, 2.05) is 6.92 Å². The molecule has 0 radical (unpaired) electrons. The highest BCUT2D eigenvalue weighted by Crippen LogP contribution is 2.28. The summed E-state index contributed by atoms with van der Waals surface area (Å²) < 4.78 is 0. The van der Waals surface area contributed by atoms with Gasteiger partial charge in [0.1, 0.15) is 0 Å². The Bertz CT molecular complexity index is 267. The van der Waals surface area contributed by atoms with Gasteiger partial charge in [-0.1, -0.05) is 33.6 Å². The van der Waals surface area contributed by atoms with Crippen molar-refractivity contribution in [3.8, 4) is 0 Å². The molecule has 0 aromatic heterocycles. The molecule has 3 unspecified atom stereocenters. The molecule has 1 rings (SSSR count). The molecular formula is C14H28N2O. The second-order valence-corrected chi connectivity index (χ2v) is 5.48. The van der Waals surface area contributed by atoms with Gasteiger partial charge in [-0.3, -0.25) is 10.1 Å². The summed E-state index contributed by atoms with van der Waals surface area (Å²) in [5.41, 5.74) is -0.345. The zero-order chi connectivity index (χ0) is 13.1. The van der Waals surface area contributed by atoms with E-state index in [0.29, 0.717) is 11.9 Å². The monoisotopic (exact) mass is 240 g/mol. The molecule has 1 saturated heterocycles. The Morgan fingerprint density at radius 2 is 2.00 bits per heavy atom. The first-order valence-electron chi connectivity index (χ1n) is 7.10. The second kappa shape index (κ2) is 5.85. The average molecular weight is 240 g/mol. The van der Waals surface area contributed by atoms with Crippen molar-refractivity contribution in [3.63, 3.8) is 0 Å². The number of hydrogen-bond donors (Lipinski definition) is 1. The van der Waals surface area contributed by atoms with Gasteiger partial charge < -0.3 is 4.90 Å². The minimum Gasteiger partial charge on any atom is -0.323 e. The maximum Gasteiger partial charge on any atom is 0.244 e. The fourth-order valence-electron chi connectivity index (χ4n) is 2.73. The molecule has 100 valence electrons.